The van der Waals surface area contributed by atoms with Crippen LogP contribution in [0.1, 0.15) is 29.7 Å². The van der Waals surface area contributed by atoms with Crippen molar-refractivity contribution in [2.45, 2.75) is 25.7 Å². The zero-order valence-corrected chi connectivity index (χ0v) is 10.3. The van der Waals surface area contributed by atoms with Crippen molar-refractivity contribution < 1.29 is 4.39 Å². The highest BCUT2D eigenvalue weighted by Crippen LogP contribution is 2.25. The molecule has 6 heteroatoms. The summed E-state index contributed by atoms with van der Waals surface area (Å²) in [6.07, 6.45) is 6.81. The molecule has 5 nitrogen and oxygen atoms in total. The van der Waals surface area contributed by atoms with Crippen LogP contribution >= 0.6 is 0 Å². The zero-order valence-electron chi connectivity index (χ0n) is 10.3. The van der Waals surface area contributed by atoms with Crippen LogP contribution in [0.3, 0.4) is 0 Å². The molecule has 0 amide bonds. The molecular formula is C13H14FN5. The van der Waals surface area contributed by atoms with Gasteiger partial charge in [-0.25, -0.2) is 4.39 Å². The molecule has 19 heavy (non-hydrogen) atoms. The maximum absolute atomic E-state index is 13.1. The van der Waals surface area contributed by atoms with Crippen LogP contribution in [0, 0.1) is 11.2 Å². The van der Waals surface area contributed by atoms with Crippen molar-refractivity contribution in [1.82, 2.24) is 15.2 Å². The molecule has 1 aliphatic rings. The van der Waals surface area contributed by atoms with Gasteiger partial charge in [-0.2, -0.15) is 5.10 Å². The number of anilines is 1. The number of aromatic amines is 1. The van der Waals surface area contributed by atoms with E-state index in [2.05, 4.69) is 20.5 Å². The summed E-state index contributed by atoms with van der Waals surface area (Å²) in [7, 11) is 0. The molecule has 98 valence electrons. The van der Waals surface area contributed by atoms with Crippen molar-refractivity contribution in [1.29, 1.82) is 5.41 Å². The first-order valence-electron chi connectivity index (χ1n) is 6.26. The summed E-state index contributed by atoms with van der Waals surface area (Å²) < 4.78 is 13.1. The fraction of sp³-hybridized carbons (Fsp3) is 0.308. The van der Waals surface area contributed by atoms with Crippen LogP contribution in [0.4, 0.5) is 10.2 Å². The highest BCUT2D eigenvalue weighted by atomic mass is 19.1. The Morgan fingerprint density at radius 2 is 2.16 bits per heavy atom. The van der Waals surface area contributed by atoms with Gasteiger partial charge in [0, 0.05) is 17.3 Å². The van der Waals surface area contributed by atoms with Gasteiger partial charge < -0.3 is 5.32 Å². The first-order chi connectivity index (χ1) is 9.24. The number of hydrogen-bond acceptors (Lipinski definition) is 3. The predicted molar refractivity (Wildman–Crippen MR) is 69.9 cm³/mol. The first kappa shape index (κ1) is 11.8. The Bertz CT molecular complexity index is 619. The molecule has 2 aromatic rings. The average Bonchev–Trinajstić information content (AvgIpc) is 2.82. The van der Waals surface area contributed by atoms with E-state index in [1.54, 1.807) is 0 Å². The Morgan fingerprint density at radius 3 is 3.00 bits per heavy atom. The van der Waals surface area contributed by atoms with E-state index in [1.165, 1.54) is 12.3 Å². The highest BCUT2D eigenvalue weighted by Gasteiger charge is 2.17. The summed E-state index contributed by atoms with van der Waals surface area (Å²) in [5, 5.41) is 18.1. The van der Waals surface area contributed by atoms with E-state index in [1.807, 2.05) is 0 Å². The second kappa shape index (κ2) is 4.79. The maximum Gasteiger partial charge on any atom is 0.142 e. The molecule has 0 fully saturated rings. The van der Waals surface area contributed by atoms with Crippen molar-refractivity contribution in [2.24, 2.45) is 0 Å². The van der Waals surface area contributed by atoms with Gasteiger partial charge in [-0.1, -0.05) is 0 Å². The van der Waals surface area contributed by atoms with Crippen LogP contribution in [-0.4, -0.2) is 21.0 Å². The second-order valence-corrected chi connectivity index (χ2v) is 4.62. The van der Waals surface area contributed by atoms with Crippen LogP contribution in [0.15, 0.2) is 18.5 Å². The molecule has 0 unspecified atom stereocenters. The van der Waals surface area contributed by atoms with Gasteiger partial charge in [-0.15, -0.1) is 0 Å². The number of pyridine rings is 1. The third kappa shape index (κ3) is 2.33. The highest BCUT2D eigenvalue weighted by molar-refractivity contribution is 6.05. The molecule has 0 aliphatic heterocycles. The fourth-order valence-electron chi connectivity index (χ4n) is 2.32. The second-order valence-electron chi connectivity index (χ2n) is 4.62. The molecule has 0 aromatic carbocycles. The molecule has 0 radical (unpaired) electrons. The van der Waals surface area contributed by atoms with Crippen molar-refractivity contribution in [3.05, 3.63) is 41.1 Å². The molecule has 1 aliphatic carbocycles. The number of fused-ring (bicyclic) bond motifs is 1. The lowest BCUT2D eigenvalue weighted by atomic mass is 9.97. The number of rotatable bonds is 2. The summed E-state index contributed by atoms with van der Waals surface area (Å²) >= 11 is 0. The third-order valence-electron chi connectivity index (χ3n) is 3.29. The number of halogens is 1. The number of aromatic nitrogens is 3. The van der Waals surface area contributed by atoms with Gasteiger partial charge in [0.15, 0.2) is 0 Å². The quantitative estimate of drug-likeness (QED) is 0.572. The third-order valence-corrected chi connectivity index (χ3v) is 3.29. The number of nitrogens with zero attached hydrogens (tertiary/aromatic N) is 2. The summed E-state index contributed by atoms with van der Waals surface area (Å²) in [5.41, 5.74) is 2.62. The van der Waals surface area contributed by atoms with Gasteiger partial charge in [0.25, 0.3) is 0 Å². The largest absolute Gasteiger partial charge is 0.325 e. The van der Waals surface area contributed by atoms with Gasteiger partial charge in [0.05, 0.1) is 11.9 Å². The molecule has 2 heterocycles. The minimum Gasteiger partial charge on any atom is -0.325 e. The Morgan fingerprint density at radius 1 is 1.32 bits per heavy atom. The normalized spacial score (nSPS) is 13.9. The van der Waals surface area contributed by atoms with Gasteiger partial charge in [-0.05, 0) is 31.7 Å². The van der Waals surface area contributed by atoms with Crippen LogP contribution in [-0.2, 0) is 12.8 Å². The SMILES string of the molecule is N=C(Nc1[nH]nc2c1CCCC2)c1cncc(F)c1. The standard InChI is InChI=1S/C13H14FN5/c14-9-5-8(6-16-7-9)12(15)17-13-10-3-1-2-4-11(10)18-19-13/h5-7H,1-4H2,(H3,15,17,18,19). The number of hydrogen-bond donors (Lipinski definition) is 3. The van der Waals surface area contributed by atoms with E-state index in [4.69, 9.17) is 5.41 Å². The van der Waals surface area contributed by atoms with Crippen LogP contribution < -0.4 is 5.32 Å². The Balaban J connectivity index is 1.82. The average molecular weight is 259 g/mol. The fourth-order valence-corrected chi connectivity index (χ4v) is 2.32. The lowest BCUT2D eigenvalue weighted by Crippen LogP contribution is -2.14. The van der Waals surface area contributed by atoms with Crippen LogP contribution in [0.5, 0.6) is 0 Å². The van der Waals surface area contributed by atoms with Gasteiger partial charge in [0.2, 0.25) is 0 Å². The number of nitrogens with one attached hydrogen (secondary N) is 3. The van der Waals surface area contributed by atoms with E-state index < -0.39 is 5.82 Å². The number of amidine groups is 1. The first-order valence-corrected chi connectivity index (χ1v) is 6.26. The summed E-state index contributed by atoms with van der Waals surface area (Å²) in [6.45, 7) is 0. The smallest absolute Gasteiger partial charge is 0.142 e. The number of H-pyrrole nitrogens is 1. The Labute approximate surface area is 109 Å². The number of aryl methyl sites for hydroxylation is 1. The monoisotopic (exact) mass is 259 g/mol. The van der Waals surface area contributed by atoms with Gasteiger partial charge in [-0.3, -0.25) is 15.5 Å². The predicted octanol–water partition coefficient (Wildman–Crippen LogP) is 2.26. The minimum absolute atomic E-state index is 0.115. The molecular weight excluding hydrogens is 245 g/mol. The Hall–Kier alpha value is -2.24. The van der Waals surface area contributed by atoms with Crippen LogP contribution in [0.25, 0.3) is 0 Å². The van der Waals surface area contributed by atoms with Crippen LogP contribution in [0.2, 0.25) is 0 Å². The van der Waals surface area contributed by atoms with E-state index in [0.717, 1.165) is 49.0 Å². The van der Waals surface area contributed by atoms with E-state index >= 15 is 0 Å². The molecule has 3 N–H and O–H groups in total. The molecule has 0 saturated heterocycles. The zero-order chi connectivity index (χ0) is 13.2. The maximum atomic E-state index is 13.1. The molecule has 3 rings (SSSR count). The molecule has 0 atom stereocenters. The van der Waals surface area contributed by atoms with Crippen molar-refractivity contribution in [3.8, 4) is 0 Å². The topological polar surface area (TPSA) is 77.5 Å². The van der Waals surface area contributed by atoms with E-state index in [-0.39, 0.29) is 5.84 Å². The van der Waals surface area contributed by atoms with E-state index in [0.29, 0.717) is 5.56 Å². The lowest BCUT2D eigenvalue weighted by Gasteiger charge is -2.12. The molecule has 0 saturated carbocycles. The van der Waals surface area contributed by atoms with Crippen molar-refractivity contribution in [2.75, 3.05) is 5.32 Å². The van der Waals surface area contributed by atoms with Gasteiger partial charge >= 0.3 is 0 Å². The lowest BCUT2D eigenvalue weighted by molar-refractivity contribution is 0.621. The summed E-state index contributed by atoms with van der Waals surface area (Å²) in [5.74, 6) is 0.406. The van der Waals surface area contributed by atoms with Crippen molar-refractivity contribution >= 4 is 11.7 Å². The Kier molecular flexibility index (Phi) is 2.98. The molecule has 0 bridgehead atoms. The summed E-state index contributed by atoms with van der Waals surface area (Å²) in [4.78, 5) is 3.74. The molecule has 0 spiro atoms. The molecule has 2 aromatic heterocycles. The minimum atomic E-state index is -0.448. The van der Waals surface area contributed by atoms with E-state index in [9.17, 15) is 4.39 Å². The van der Waals surface area contributed by atoms with Gasteiger partial charge in [0.1, 0.15) is 17.5 Å². The van der Waals surface area contributed by atoms with Crippen molar-refractivity contribution in [3.63, 3.8) is 0 Å². The summed E-state index contributed by atoms with van der Waals surface area (Å²) in [6, 6.07) is 1.28.